The third kappa shape index (κ3) is 3.17. The maximum absolute atomic E-state index is 11.9. The average molecular weight is 315 g/mol. The number of anilines is 1. The second-order valence-electron chi connectivity index (χ2n) is 5.56. The third-order valence-corrected chi connectivity index (χ3v) is 3.93. The van der Waals surface area contributed by atoms with E-state index in [4.69, 9.17) is 9.47 Å². The molecule has 0 spiro atoms. The van der Waals surface area contributed by atoms with Gasteiger partial charge in [-0.05, 0) is 37.6 Å². The first kappa shape index (κ1) is 15.4. The molecule has 0 saturated carbocycles. The van der Waals surface area contributed by atoms with E-state index in [9.17, 15) is 14.4 Å². The summed E-state index contributed by atoms with van der Waals surface area (Å²) in [7, 11) is 0. The highest BCUT2D eigenvalue weighted by Gasteiger charge is 2.29. The van der Waals surface area contributed by atoms with E-state index >= 15 is 0 Å². The molecule has 120 valence electrons. The van der Waals surface area contributed by atoms with Crippen LogP contribution in [0.3, 0.4) is 0 Å². The second kappa shape index (κ2) is 6.34. The van der Waals surface area contributed by atoms with E-state index in [-0.39, 0.29) is 17.9 Å². The highest BCUT2D eigenvalue weighted by molar-refractivity contribution is 6.30. The summed E-state index contributed by atoms with van der Waals surface area (Å²) >= 11 is 0. The van der Waals surface area contributed by atoms with Gasteiger partial charge in [-0.2, -0.15) is 0 Å². The zero-order chi connectivity index (χ0) is 16.4. The molecule has 2 aliphatic heterocycles. The molecule has 0 aliphatic carbocycles. The van der Waals surface area contributed by atoms with Crippen LogP contribution in [0, 0.1) is 0 Å². The van der Waals surface area contributed by atoms with Crippen LogP contribution in [0.15, 0.2) is 35.9 Å². The molecule has 1 aromatic rings. The van der Waals surface area contributed by atoms with Crippen LogP contribution in [0.25, 0.3) is 0 Å². The summed E-state index contributed by atoms with van der Waals surface area (Å²) in [5.74, 6) is -1.14. The van der Waals surface area contributed by atoms with E-state index in [2.05, 4.69) is 0 Å². The Bertz CT molecular complexity index is 673. The molecule has 2 amide bonds. The van der Waals surface area contributed by atoms with Gasteiger partial charge in [0.25, 0.3) is 11.8 Å². The average Bonchev–Trinajstić information content (AvgIpc) is 2.75. The number of hydrogen-bond acceptors (Lipinski definition) is 5. The minimum absolute atomic E-state index is 0.202. The first-order valence-corrected chi connectivity index (χ1v) is 7.52. The molecule has 0 radical (unpaired) electrons. The van der Waals surface area contributed by atoms with Gasteiger partial charge >= 0.3 is 5.97 Å². The Morgan fingerprint density at radius 1 is 1.30 bits per heavy atom. The first-order chi connectivity index (χ1) is 11.1. The number of carbonyl (C=O) groups is 3. The fourth-order valence-corrected chi connectivity index (χ4v) is 2.46. The molecule has 0 N–H and O–H groups in total. The molecule has 23 heavy (non-hydrogen) atoms. The lowest BCUT2D eigenvalue weighted by atomic mass is 10.1. The van der Waals surface area contributed by atoms with Crippen molar-refractivity contribution in [3.63, 3.8) is 0 Å². The SMILES string of the molecule is CC1=CC(=O)N(c2ccc(C(=O)OCCC3CCO3)cc2)C1=O. The highest BCUT2D eigenvalue weighted by atomic mass is 16.5. The molecular formula is C17H17NO5. The summed E-state index contributed by atoms with van der Waals surface area (Å²) in [5.41, 5.74) is 1.22. The van der Waals surface area contributed by atoms with Crippen LogP contribution in [0.4, 0.5) is 5.69 Å². The summed E-state index contributed by atoms with van der Waals surface area (Å²) in [6.07, 6.45) is 3.21. The third-order valence-electron chi connectivity index (χ3n) is 3.93. The monoisotopic (exact) mass is 315 g/mol. The molecule has 1 saturated heterocycles. The van der Waals surface area contributed by atoms with E-state index in [0.29, 0.717) is 29.9 Å². The summed E-state index contributed by atoms with van der Waals surface area (Å²) in [6, 6.07) is 6.22. The number of carbonyl (C=O) groups excluding carboxylic acids is 3. The molecule has 1 atom stereocenters. The van der Waals surface area contributed by atoms with Crippen molar-refractivity contribution in [3.8, 4) is 0 Å². The van der Waals surface area contributed by atoms with Gasteiger partial charge in [-0.15, -0.1) is 0 Å². The van der Waals surface area contributed by atoms with Gasteiger partial charge in [-0.1, -0.05) is 0 Å². The summed E-state index contributed by atoms with van der Waals surface area (Å²) < 4.78 is 10.4. The molecule has 0 aromatic heterocycles. The number of rotatable bonds is 5. The van der Waals surface area contributed by atoms with Crippen LogP contribution in [0.1, 0.15) is 30.1 Å². The normalized spacial score (nSPS) is 20.3. The van der Waals surface area contributed by atoms with E-state index in [1.165, 1.54) is 6.08 Å². The predicted molar refractivity (Wildman–Crippen MR) is 81.9 cm³/mol. The molecule has 2 aliphatic rings. The van der Waals surface area contributed by atoms with E-state index in [1.54, 1.807) is 31.2 Å². The number of nitrogens with zero attached hydrogens (tertiary/aromatic N) is 1. The van der Waals surface area contributed by atoms with E-state index < -0.39 is 5.97 Å². The van der Waals surface area contributed by atoms with Crippen LogP contribution >= 0.6 is 0 Å². The lowest BCUT2D eigenvalue weighted by Gasteiger charge is -2.25. The van der Waals surface area contributed by atoms with Crippen molar-refractivity contribution in [2.45, 2.75) is 25.9 Å². The number of ether oxygens (including phenoxy) is 2. The minimum Gasteiger partial charge on any atom is -0.462 e. The molecule has 1 unspecified atom stereocenters. The number of hydrogen-bond donors (Lipinski definition) is 0. The topological polar surface area (TPSA) is 72.9 Å². The van der Waals surface area contributed by atoms with Crippen LogP contribution in [0.2, 0.25) is 0 Å². The quantitative estimate of drug-likeness (QED) is 0.612. The smallest absolute Gasteiger partial charge is 0.338 e. The van der Waals surface area contributed by atoms with Gasteiger partial charge in [0, 0.05) is 24.7 Å². The zero-order valence-corrected chi connectivity index (χ0v) is 12.8. The van der Waals surface area contributed by atoms with E-state index in [1.807, 2.05) is 0 Å². The Hall–Kier alpha value is -2.47. The predicted octanol–water partition coefficient (Wildman–Crippen LogP) is 1.84. The minimum atomic E-state index is -0.427. The van der Waals surface area contributed by atoms with Gasteiger partial charge in [0.15, 0.2) is 0 Å². The van der Waals surface area contributed by atoms with Gasteiger partial charge in [-0.25, -0.2) is 9.69 Å². The summed E-state index contributed by atoms with van der Waals surface area (Å²) in [5, 5.41) is 0. The maximum Gasteiger partial charge on any atom is 0.338 e. The molecule has 0 bridgehead atoms. The fourth-order valence-electron chi connectivity index (χ4n) is 2.46. The van der Waals surface area contributed by atoms with E-state index in [0.717, 1.165) is 17.9 Å². The van der Waals surface area contributed by atoms with Crippen molar-refractivity contribution in [2.24, 2.45) is 0 Å². The Balaban J connectivity index is 1.59. The lowest BCUT2D eigenvalue weighted by molar-refractivity contribution is -0.120. The Morgan fingerprint density at radius 3 is 2.52 bits per heavy atom. The maximum atomic E-state index is 11.9. The van der Waals surface area contributed by atoms with Gasteiger partial charge < -0.3 is 9.47 Å². The number of benzene rings is 1. The van der Waals surface area contributed by atoms with Crippen molar-refractivity contribution in [3.05, 3.63) is 41.5 Å². The number of imide groups is 1. The Labute approximate surface area is 133 Å². The first-order valence-electron chi connectivity index (χ1n) is 7.52. The molecular weight excluding hydrogens is 298 g/mol. The van der Waals surface area contributed by atoms with Gasteiger partial charge in [0.1, 0.15) is 0 Å². The molecule has 2 heterocycles. The molecule has 3 rings (SSSR count). The van der Waals surface area contributed by atoms with Gasteiger partial charge in [0.2, 0.25) is 0 Å². The fraction of sp³-hybridized carbons (Fsp3) is 0.353. The van der Waals surface area contributed by atoms with Gasteiger partial charge in [-0.3, -0.25) is 9.59 Å². The Kier molecular flexibility index (Phi) is 4.25. The molecule has 1 aromatic carbocycles. The summed E-state index contributed by atoms with van der Waals surface area (Å²) in [6.45, 7) is 2.69. The van der Waals surface area contributed by atoms with Crippen molar-refractivity contribution in [2.75, 3.05) is 18.1 Å². The largest absolute Gasteiger partial charge is 0.462 e. The molecule has 6 nitrogen and oxygen atoms in total. The van der Waals surface area contributed by atoms with Crippen molar-refractivity contribution in [1.29, 1.82) is 0 Å². The van der Waals surface area contributed by atoms with Crippen molar-refractivity contribution >= 4 is 23.5 Å². The van der Waals surface area contributed by atoms with Crippen molar-refractivity contribution < 1.29 is 23.9 Å². The zero-order valence-electron chi connectivity index (χ0n) is 12.8. The second-order valence-corrected chi connectivity index (χ2v) is 5.56. The van der Waals surface area contributed by atoms with Crippen LogP contribution in [-0.2, 0) is 19.1 Å². The van der Waals surface area contributed by atoms with Crippen LogP contribution in [0.5, 0.6) is 0 Å². The van der Waals surface area contributed by atoms with Crippen LogP contribution < -0.4 is 4.90 Å². The number of amides is 2. The molecule has 6 heteroatoms. The Morgan fingerprint density at radius 2 is 2.00 bits per heavy atom. The summed E-state index contributed by atoms with van der Waals surface area (Å²) in [4.78, 5) is 36.7. The molecule has 1 fully saturated rings. The van der Waals surface area contributed by atoms with Crippen LogP contribution in [-0.4, -0.2) is 37.1 Å². The van der Waals surface area contributed by atoms with Crippen molar-refractivity contribution in [1.82, 2.24) is 0 Å². The highest BCUT2D eigenvalue weighted by Crippen LogP contribution is 2.23. The lowest BCUT2D eigenvalue weighted by Crippen LogP contribution is -2.30. The number of esters is 1. The standard InChI is InChI=1S/C17H17NO5/c1-11-10-15(19)18(16(11)20)13-4-2-12(3-5-13)17(21)23-9-7-14-6-8-22-14/h2-5,10,14H,6-9H2,1H3. The van der Waals surface area contributed by atoms with Gasteiger partial charge in [0.05, 0.1) is 24.0 Å².